The molecule has 0 saturated carbocycles. The van der Waals surface area contributed by atoms with Gasteiger partial charge >= 0.3 is 5.97 Å². The summed E-state index contributed by atoms with van der Waals surface area (Å²) in [6, 6.07) is 7.51. The van der Waals surface area contributed by atoms with Crippen molar-refractivity contribution >= 4 is 34.9 Å². The number of nitrogens with zero attached hydrogens (tertiary/aromatic N) is 3. The van der Waals surface area contributed by atoms with Crippen LogP contribution in [0.1, 0.15) is 32.9 Å². The topological polar surface area (TPSA) is 103 Å². The molecular formula is C18H18FN5O2S. The molecule has 0 spiro atoms. The average Bonchev–Trinajstić information content (AvgIpc) is 3.02. The molecule has 9 heteroatoms. The Labute approximate surface area is 159 Å². The molecule has 0 saturated heterocycles. The zero-order valence-corrected chi connectivity index (χ0v) is 15.6. The van der Waals surface area contributed by atoms with Crippen molar-refractivity contribution in [1.29, 1.82) is 0 Å². The van der Waals surface area contributed by atoms with E-state index in [2.05, 4.69) is 20.3 Å². The summed E-state index contributed by atoms with van der Waals surface area (Å²) in [7, 11) is 0. The molecule has 3 rings (SSSR count). The van der Waals surface area contributed by atoms with Crippen molar-refractivity contribution < 1.29 is 13.9 Å². The van der Waals surface area contributed by atoms with Gasteiger partial charge in [0, 0.05) is 10.6 Å². The Morgan fingerprint density at radius 1 is 1.26 bits per heavy atom. The number of aryl methyl sites for hydroxylation is 2. The van der Waals surface area contributed by atoms with Crippen LogP contribution in [0.25, 0.3) is 0 Å². The number of halogens is 1. The summed E-state index contributed by atoms with van der Waals surface area (Å²) in [5, 5.41) is 2.90. The molecule has 27 heavy (non-hydrogen) atoms. The van der Waals surface area contributed by atoms with Crippen molar-refractivity contribution in [2.75, 3.05) is 11.1 Å². The summed E-state index contributed by atoms with van der Waals surface area (Å²) in [5.41, 5.74) is 7.36. The second-order valence-corrected chi connectivity index (χ2v) is 6.85. The van der Waals surface area contributed by atoms with Gasteiger partial charge in [0.05, 0.1) is 0 Å². The lowest BCUT2D eigenvalue weighted by Gasteiger charge is -2.07. The van der Waals surface area contributed by atoms with E-state index in [1.54, 1.807) is 12.1 Å². The first-order valence-electron chi connectivity index (χ1n) is 8.24. The minimum atomic E-state index is -0.435. The predicted octanol–water partition coefficient (Wildman–Crippen LogP) is 3.63. The number of anilines is 3. The molecule has 0 fully saturated rings. The fraction of sp³-hybridized carbons (Fsp3) is 0.222. The van der Waals surface area contributed by atoms with Crippen LogP contribution in [0.15, 0.2) is 30.3 Å². The van der Waals surface area contributed by atoms with Gasteiger partial charge < -0.3 is 15.8 Å². The third kappa shape index (κ3) is 4.76. The van der Waals surface area contributed by atoms with Gasteiger partial charge in [0.25, 0.3) is 0 Å². The van der Waals surface area contributed by atoms with Gasteiger partial charge in [-0.25, -0.2) is 9.18 Å². The third-order valence-corrected chi connectivity index (χ3v) is 5.04. The van der Waals surface area contributed by atoms with Crippen molar-refractivity contribution in [2.45, 2.75) is 26.9 Å². The molecule has 2 aromatic heterocycles. The number of carbonyl (C=O) groups is 1. The zero-order valence-electron chi connectivity index (χ0n) is 14.8. The van der Waals surface area contributed by atoms with E-state index < -0.39 is 5.97 Å². The number of hydrogen-bond acceptors (Lipinski definition) is 8. The number of carbonyl (C=O) groups excluding carboxylic acids is 1. The third-order valence-electron chi connectivity index (χ3n) is 3.67. The number of ether oxygens (including phenoxy) is 1. The number of aromatic nitrogens is 3. The molecule has 0 atom stereocenters. The van der Waals surface area contributed by atoms with E-state index in [4.69, 9.17) is 10.5 Å². The van der Waals surface area contributed by atoms with Gasteiger partial charge in [-0.05, 0) is 49.2 Å². The van der Waals surface area contributed by atoms with Crippen molar-refractivity contribution in [3.05, 3.63) is 57.3 Å². The Morgan fingerprint density at radius 2 is 2.00 bits per heavy atom. The first-order chi connectivity index (χ1) is 12.9. The van der Waals surface area contributed by atoms with Crippen LogP contribution in [-0.2, 0) is 17.8 Å². The van der Waals surface area contributed by atoms with Crippen LogP contribution in [0.2, 0.25) is 0 Å². The monoisotopic (exact) mass is 387 g/mol. The lowest BCUT2D eigenvalue weighted by molar-refractivity contribution is 0.0468. The average molecular weight is 387 g/mol. The quantitative estimate of drug-likeness (QED) is 0.623. The maximum absolute atomic E-state index is 13.0. The molecule has 7 nitrogen and oxygen atoms in total. The second kappa shape index (κ2) is 8.09. The Hall–Kier alpha value is -3.07. The second-order valence-electron chi connectivity index (χ2n) is 5.71. The fourth-order valence-electron chi connectivity index (χ4n) is 2.39. The summed E-state index contributed by atoms with van der Waals surface area (Å²) in [5.74, 6) is -0.404. The number of nitrogens with one attached hydrogen (secondary N) is 1. The number of thiophene rings is 1. The van der Waals surface area contributed by atoms with Crippen LogP contribution in [0.3, 0.4) is 0 Å². The molecule has 0 aliphatic rings. The van der Waals surface area contributed by atoms with E-state index in [1.165, 1.54) is 23.5 Å². The summed E-state index contributed by atoms with van der Waals surface area (Å²) in [6.07, 6.45) is 0.867. The minimum Gasteiger partial charge on any atom is -0.453 e. The molecule has 0 radical (unpaired) electrons. The van der Waals surface area contributed by atoms with Gasteiger partial charge in [-0.15, -0.1) is 11.3 Å². The van der Waals surface area contributed by atoms with E-state index in [-0.39, 0.29) is 30.1 Å². The van der Waals surface area contributed by atoms with Crippen LogP contribution in [0.4, 0.5) is 22.0 Å². The summed E-state index contributed by atoms with van der Waals surface area (Å²) in [4.78, 5) is 26.0. The highest BCUT2D eigenvalue weighted by atomic mass is 32.1. The standard InChI is InChI=1S/C18H18FN5O2S/c1-3-13-10(2)8-14(27-13)16(25)26-9-15-22-17(20)24-18(23-15)21-12-6-4-11(19)5-7-12/h4-8H,3,9H2,1-2H3,(H3,20,21,22,23,24). The van der Waals surface area contributed by atoms with E-state index in [0.29, 0.717) is 10.6 Å². The van der Waals surface area contributed by atoms with E-state index in [9.17, 15) is 9.18 Å². The van der Waals surface area contributed by atoms with Crippen LogP contribution in [0.5, 0.6) is 0 Å². The zero-order chi connectivity index (χ0) is 19.4. The van der Waals surface area contributed by atoms with Crippen LogP contribution in [0, 0.1) is 12.7 Å². The Balaban J connectivity index is 1.68. The highest BCUT2D eigenvalue weighted by Gasteiger charge is 2.14. The van der Waals surface area contributed by atoms with Gasteiger partial charge in [0.1, 0.15) is 10.7 Å². The molecule has 0 bridgehead atoms. The molecule has 140 valence electrons. The molecule has 3 N–H and O–H groups in total. The molecule has 0 unspecified atom stereocenters. The van der Waals surface area contributed by atoms with Crippen LogP contribution in [-0.4, -0.2) is 20.9 Å². The van der Waals surface area contributed by atoms with Gasteiger partial charge in [0.2, 0.25) is 11.9 Å². The van der Waals surface area contributed by atoms with E-state index >= 15 is 0 Å². The number of esters is 1. The number of hydrogen-bond donors (Lipinski definition) is 2. The molecule has 0 aliphatic carbocycles. The molecule has 0 amide bonds. The number of rotatable bonds is 6. The van der Waals surface area contributed by atoms with E-state index in [1.807, 2.05) is 19.9 Å². The summed E-state index contributed by atoms with van der Waals surface area (Å²) >= 11 is 1.42. The lowest BCUT2D eigenvalue weighted by atomic mass is 10.2. The summed E-state index contributed by atoms with van der Waals surface area (Å²) < 4.78 is 18.3. The molecular weight excluding hydrogens is 369 g/mol. The van der Waals surface area contributed by atoms with Crippen molar-refractivity contribution in [3.8, 4) is 0 Å². The predicted molar refractivity (Wildman–Crippen MR) is 101 cm³/mol. The van der Waals surface area contributed by atoms with Crippen molar-refractivity contribution in [3.63, 3.8) is 0 Å². The maximum atomic E-state index is 13.0. The smallest absolute Gasteiger partial charge is 0.348 e. The SMILES string of the molecule is CCc1sc(C(=O)OCc2nc(N)nc(Nc3ccc(F)cc3)n2)cc1C. The highest BCUT2D eigenvalue weighted by Crippen LogP contribution is 2.23. The summed E-state index contributed by atoms with van der Waals surface area (Å²) in [6.45, 7) is 3.87. The minimum absolute atomic E-state index is 0.0131. The molecule has 3 aromatic rings. The van der Waals surface area contributed by atoms with Gasteiger partial charge in [0.15, 0.2) is 12.4 Å². The number of nitrogens with two attached hydrogens (primary N) is 1. The number of nitrogen functional groups attached to an aromatic ring is 1. The molecule has 0 aliphatic heterocycles. The Kier molecular flexibility index (Phi) is 5.60. The van der Waals surface area contributed by atoms with Crippen LogP contribution < -0.4 is 11.1 Å². The number of benzene rings is 1. The van der Waals surface area contributed by atoms with E-state index in [0.717, 1.165) is 16.9 Å². The van der Waals surface area contributed by atoms with Crippen molar-refractivity contribution in [2.24, 2.45) is 0 Å². The first kappa shape index (κ1) is 18.7. The first-order valence-corrected chi connectivity index (χ1v) is 9.05. The van der Waals surface area contributed by atoms with Gasteiger partial charge in [-0.3, -0.25) is 0 Å². The Bertz CT molecular complexity index is 959. The van der Waals surface area contributed by atoms with Crippen LogP contribution >= 0.6 is 11.3 Å². The Morgan fingerprint density at radius 3 is 2.67 bits per heavy atom. The van der Waals surface area contributed by atoms with Gasteiger partial charge in [-0.2, -0.15) is 15.0 Å². The normalized spacial score (nSPS) is 10.6. The molecule has 2 heterocycles. The molecule has 1 aromatic carbocycles. The largest absolute Gasteiger partial charge is 0.453 e. The highest BCUT2D eigenvalue weighted by molar-refractivity contribution is 7.14. The van der Waals surface area contributed by atoms with Gasteiger partial charge in [-0.1, -0.05) is 6.92 Å². The fourth-order valence-corrected chi connectivity index (χ4v) is 3.40. The maximum Gasteiger partial charge on any atom is 0.348 e. The lowest BCUT2D eigenvalue weighted by Crippen LogP contribution is -2.10. The van der Waals surface area contributed by atoms with Crippen molar-refractivity contribution in [1.82, 2.24) is 15.0 Å².